The molecular weight excluding hydrogens is 368 g/mol. The summed E-state index contributed by atoms with van der Waals surface area (Å²) in [6, 6.07) is 4.40. The van der Waals surface area contributed by atoms with Crippen LogP contribution in [0.2, 0.25) is 0 Å². The number of carbonyl (C=O) groups is 1. The summed E-state index contributed by atoms with van der Waals surface area (Å²) in [5, 5.41) is 15.2. The van der Waals surface area contributed by atoms with Gasteiger partial charge in [0.25, 0.3) is 0 Å². The van der Waals surface area contributed by atoms with E-state index in [1.54, 1.807) is 6.20 Å². The molecule has 8 nitrogen and oxygen atoms in total. The maximum atomic E-state index is 12.4. The summed E-state index contributed by atoms with van der Waals surface area (Å²) in [7, 11) is 0. The van der Waals surface area contributed by atoms with Crippen LogP contribution in [0.1, 0.15) is 50.5 Å². The number of nitrogens with zero attached hydrogens (tertiary/aromatic N) is 4. The number of amides is 1. The number of anilines is 1. The highest BCUT2D eigenvalue weighted by Crippen LogP contribution is 2.27. The molecule has 4 rings (SSSR count). The zero-order valence-corrected chi connectivity index (χ0v) is 17.4. The van der Waals surface area contributed by atoms with E-state index >= 15 is 0 Å². The van der Waals surface area contributed by atoms with Crippen molar-refractivity contribution < 1.29 is 9.53 Å². The van der Waals surface area contributed by atoms with Gasteiger partial charge in [0.2, 0.25) is 5.91 Å². The zero-order chi connectivity index (χ0) is 20.2. The molecule has 2 aromatic rings. The van der Waals surface area contributed by atoms with Crippen molar-refractivity contribution in [1.29, 1.82) is 0 Å². The fraction of sp³-hybridized carbons (Fsp3) is 0.667. The third kappa shape index (κ3) is 5.05. The minimum atomic E-state index is -0.0461. The molecule has 0 aliphatic carbocycles. The van der Waals surface area contributed by atoms with Gasteiger partial charge < -0.3 is 10.1 Å². The first-order valence-electron chi connectivity index (χ1n) is 10.8. The first-order chi connectivity index (χ1) is 14.1. The number of nitrogens with one attached hydrogen (secondary N) is 2. The molecule has 1 atom stereocenters. The standard InChI is InChI=1S/C21H32N6O2/c1-15(2)11-17-12-18(25-24-17)13-26-8-4-19(5-9-26)27-20(3-7-22-27)23-21(28)16-6-10-29-14-16/h3,7,12,15-16,19H,4-6,8-11,13-14H2,1-2H3,(H,23,28)(H,24,25)/t16-/m1/s1. The van der Waals surface area contributed by atoms with Crippen LogP contribution in [0.4, 0.5) is 5.82 Å². The van der Waals surface area contributed by atoms with E-state index in [0.29, 0.717) is 25.2 Å². The van der Waals surface area contributed by atoms with Gasteiger partial charge in [-0.2, -0.15) is 10.2 Å². The van der Waals surface area contributed by atoms with Gasteiger partial charge in [-0.3, -0.25) is 14.8 Å². The molecule has 0 radical (unpaired) electrons. The molecule has 1 amide bonds. The Morgan fingerprint density at radius 1 is 1.34 bits per heavy atom. The number of hydrogen-bond donors (Lipinski definition) is 2. The van der Waals surface area contributed by atoms with Crippen LogP contribution in [0.25, 0.3) is 0 Å². The molecule has 0 aromatic carbocycles. The predicted octanol–water partition coefficient (Wildman–Crippen LogP) is 2.62. The molecular formula is C21H32N6O2. The fourth-order valence-electron chi connectivity index (χ4n) is 4.25. The van der Waals surface area contributed by atoms with Crippen molar-refractivity contribution >= 4 is 11.7 Å². The Morgan fingerprint density at radius 2 is 2.17 bits per heavy atom. The lowest BCUT2D eigenvalue weighted by atomic mass is 10.0. The normalized spacial score (nSPS) is 21.1. The van der Waals surface area contributed by atoms with E-state index in [2.05, 4.69) is 45.4 Å². The highest BCUT2D eigenvalue weighted by molar-refractivity contribution is 5.92. The second-order valence-electron chi connectivity index (χ2n) is 8.70. The molecule has 0 spiro atoms. The van der Waals surface area contributed by atoms with Crippen LogP contribution < -0.4 is 5.32 Å². The van der Waals surface area contributed by atoms with Crippen molar-refractivity contribution in [2.75, 3.05) is 31.6 Å². The number of H-pyrrole nitrogens is 1. The van der Waals surface area contributed by atoms with E-state index in [0.717, 1.165) is 56.8 Å². The number of rotatable bonds is 7. The monoisotopic (exact) mass is 400 g/mol. The van der Waals surface area contributed by atoms with Crippen LogP contribution in [-0.2, 0) is 22.5 Å². The van der Waals surface area contributed by atoms with Gasteiger partial charge in [0, 0.05) is 38.0 Å². The first kappa shape index (κ1) is 20.1. The van der Waals surface area contributed by atoms with E-state index in [-0.39, 0.29) is 11.8 Å². The second kappa shape index (κ2) is 9.09. The van der Waals surface area contributed by atoms with Crippen molar-refractivity contribution in [3.8, 4) is 0 Å². The largest absolute Gasteiger partial charge is 0.381 e. The van der Waals surface area contributed by atoms with E-state index in [4.69, 9.17) is 4.74 Å². The van der Waals surface area contributed by atoms with E-state index in [1.165, 1.54) is 5.69 Å². The van der Waals surface area contributed by atoms with Crippen LogP contribution in [0.15, 0.2) is 18.3 Å². The minimum absolute atomic E-state index is 0.0399. The molecule has 2 aromatic heterocycles. The summed E-state index contributed by atoms with van der Waals surface area (Å²) in [6.07, 6.45) is 5.62. The van der Waals surface area contributed by atoms with E-state index < -0.39 is 0 Å². The number of hydrogen-bond acceptors (Lipinski definition) is 5. The summed E-state index contributed by atoms with van der Waals surface area (Å²) in [5.41, 5.74) is 2.33. The van der Waals surface area contributed by atoms with Crippen molar-refractivity contribution in [2.24, 2.45) is 11.8 Å². The zero-order valence-electron chi connectivity index (χ0n) is 17.4. The van der Waals surface area contributed by atoms with Crippen molar-refractivity contribution in [2.45, 2.75) is 52.1 Å². The third-order valence-corrected chi connectivity index (χ3v) is 5.82. The van der Waals surface area contributed by atoms with Gasteiger partial charge >= 0.3 is 0 Å². The summed E-state index contributed by atoms with van der Waals surface area (Å²) >= 11 is 0. The smallest absolute Gasteiger partial charge is 0.231 e. The van der Waals surface area contributed by atoms with Gasteiger partial charge in [0.1, 0.15) is 5.82 Å². The quantitative estimate of drug-likeness (QED) is 0.746. The van der Waals surface area contributed by atoms with Crippen molar-refractivity contribution in [1.82, 2.24) is 24.9 Å². The average molecular weight is 401 g/mol. The molecule has 2 aliphatic heterocycles. The molecule has 0 unspecified atom stereocenters. The highest BCUT2D eigenvalue weighted by atomic mass is 16.5. The van der Waals surface area contributed by atoms with Crippen LogP contribution in [0.5, 0.6) is 0 Å². The lowest BCUT2D eigenvalue weighted by Crippen LogP contribution is -2.35. The first-order valence-corrected chi connectivity index (χ1v) is 10.8. The number of aromatic amines is 1. The lowest BCUT2D eigenvalue weighted by molar-refractivity contribution is -0.119. The highest BCUT2D eigenvalue weighted by Gasteiger charge is 2.27. The Hall–Kier alpha value is -2.19. The third-order valence-electron chi connectivity index (χ3n) is 5.82. The fourth-order valence-corrected chi connectivity index (χ4v) is 4.25. The number of aromatic nitrogens is 4. The molecule has 4 heterocycles. The number of piperidine rings is 1. The van der Waals surface area contributed by atoms with Crippen molar-refractivity contribution in [3.05, 3.63) is 29.7 Å². The van der Waals surface area contributed by atoms with Crippen molar-refractivity contribution in [3.63, 3.8) is 0 Å². The number of likely N-dealkylation sites (tertiary alicyclic amines) is 1. The van der Waals surface area contributed by atoms with E-state index in [9.17, 15) is 4.79 Å². The summed E-state index contributed by atoms with van der Waals surface area (Å²) in [5.74, 6) is 1.41. The molecule has 0 saturated carbocycles. The molecule has 29 heavy (non-hydrogen) atoms. The topological polar surface area (TPSA) is 88.1 Å². The molecule has 2 saturated heterocycles. The van der Waals surface area contributed by atoms with Gasteiger partial charge in [-0.15, -0.1) is 0 Å². The maximum Gasteiger partial charge on any atom is 0.231 e. The molecule has 8 heteroatoms. The predicted molar refractivity (Wildman–Crippen MR) is 110 cm³/mol. The van der Waals surface area contributed by atoms with Crippen LogP contribution in [-0.4, -0.2) is 57.1 Å². The maximum absolute atomic E-state index is 12.4. The van der Waals surface area contributed by atoms with E-state index in [1.807, 2.05) is 10.7 Å². The minimum Gasteiger partial charge on any atom is -0.381 e. The lowest BCUT2D eigenvalue weighted by Gasteiger charge is -2.32. The van der Waals surface area contributed by atoms with Gasteiger partial charge in [-0.05, 0) is 37.7 Å². The van der Waals surface area contributed by atoms with Crippen LogP contribution in [0, 0.1) is 11.8 Å². The molecule has 2 aliphatic rings. The Balaban J connectivity index is 1.29. The van der Waals surface area contributed by atoms with Crippen LogP contribution >= 0.6 is 0 Å². The Morgan fingerprint density at radius 3 is 2.90 bits per heavy atom. The Labute approximate surface area is 172 Å². The number of carbonyl (C=O) groups excluding carboxylic acids is 1. The summed E-state index contributed by atoms with van der Waals surface area (Å²) in [4.78, 5) is 14.9. The number of ether oxygens (including phenoxy) is 1. The molecule has 2 fully saturated rings. The van der Waals surface area contributed by atoms with Gasteiger partial charge in [-0.25, -0.2) is 4.68 Å². The Bertz CT molecular complexity index is 800. The van der Waals surface area contributed by atoms with Crippen LogP contribution in [0.3, 0.4) is 0 Å². The SMILES string of the molecule is CC(C)Cc1cc(CN2CCC(n3nccc3NC(=O)[C@@H]3CCOC3)CC2)[nH]n1. The second-order valence-corrected chi connectivity index (χ2v) is 8.70. The molecule has 158 valence electrons. The van der Waals surface area contributed by atoms with Gasteiger partial charge in [0.15, 0.2) is 0 Å². The van der Waals surface area contributed by atoms with Gasteiger partial charge in [0.05, 0.1) is 30.5 Å². The summed E-state index contributed by atoms with van der Waals surface area (Å²) in [6.45, 7) is 8.54. The molecule has 0 bridgehead atoms. The Kier molecular flexibility index (Phi) is 6.30. The molecule has 2 N–H and O–H groups in total. The van der Waals surface area contributed by atoms with Gasteiger partial charge in [-0.1, -0.05) is 13.8 Å². The average Bonchev–Trinajstić information content (AvgIpc) is 3.44. The summed E-state index contributed by atoms with van der Waals surface area (Å²) < 4.78 is 7.32.